The summed E-state index contributed by atoms with van der Waals surface area (Å²) in [6, 6.07) is 26.6. The Morgan fingerprint density at radius 2 is 1.04 bits per heavy atom. The summed E-state index contributed by atoms with van der Waals surface area (Å²) < 4.78 is 0. The predicted octanol–water partition coefficient (Wildman–Crippen LogP) is 13.5. The minimum atomic E-state index is -0.981. The van der Waals surface area contributed by atoms with Gasteiger partial charge in [0.15, 0.2) is 0 Å². The average Bonchev–Trinajstić information content (AvgIpc) is 4.08. The summed E-state index contributed by atoms with van der Waals surface area (Å²) >= 11 is 16.3. The zero-order valence-electron chi connectivity index (χ0n) is 41.1. The van der Waals surface area contributed by atoms with Crippen LogP contribution in [0, 0.1) is 0 Å². The molecule has 4 atom stereocenters. The van der Waals surface area contributed by atoms with Crippen LogP contribution in [0.25, 0.3) is 43.1 Å². The Bertz CT molecular complexity index is 2770. The lowest BCUT2D eigenvalue weighted by molar-refractivity contribution is 0.0696. The standard InChI is InChI=1S/C28H32ClN3OS.C20H18ClNO2S.C8H16N2/c1-28(2,3)26-13-17(9-10-30-26)25-12-19(16-34-25)23-8-5-18(11-24(23)29)27(33)31-20-14-21-6-7-22(15-20)32(21)4;1-20(2,3)18-10-12(6-7-22-18)17-9-14(11-25-17)15-5-4-13(19(23)24)8-16(15)21;1-10-7-2-3-8(10)5-6(9)4-7/h5,8-13,16,20-22H,6-7,14-15H2,1-4H3,(H,31,33);4-11H,1-3H3,(H,23,24);6-8H,2-5,9H2,1H3. The lowest BCUT2D eigenvalue weighted by Gasteiger charge is -2.36. The first-order valence-electron chi connectivity index (χ1n) is 24.2. The Morgan fingerprint density at radius 3 is 1.46 bits per heavy atom. The van der Waals surface area contributed by atoms with E-state index >= 15 is 0 Å². The average molecular weight is 1010 g/mol. The lowest BCUT2D eigenvalue weighted by atomic mass is 9.90. The Morgan fingerprint density at radius 1 is 0.623 bits per heavy atom. The van der Waals surface area contributed by atoms with E-state index in [9.17, 15) is 9.59 Å². The van der Waals surface area contributed by atoms with Gasteiger partial charge in [-0.3, -0.25) is 14.8 Å². The normalized spacial score (nSPS) is 22.3. The summed E-state index contributed by atoms with van der Waals surface area (Å²) in [5.41, 5.74) is 14.9. The molecule has 1 amide bonds. The van der Waals surface area contributed by atoms with E-state index in [0.717, 1.165) is 74.6 Å². The maximum absolute atomic E-state index is 12.9. The second kappa shape index (κ2) is 21.1. The number of piperidine rings is 2. The van der Waals surface area contributed by atoms with Crippen LogP contribution >= 0.6 is 45.9 Å². The topological polar surface area (TPSA) is 125 Å². The third-order valence-electron chi connectivity index (χ3n) is 14.5. The number of carbonyl (C=O) groups excluding carboxylic acids is 1. The number of nitrogens with one attached hydrogen (secondary N) is 1. The number of benzene rings is 2. The Kier molecular flexibility index (Phi) is 15.6. The van der Waals surface area contributed by atoms with E-state index in [2.05, 4.69) is 116 Å². The quantitative estimate of drug-likeness (QED) is 0.144. The molecule has 13 heteroatoms. The molecule has 4 fully saturated rings. The van der Waals surface area contributed by atoms with Gasteiger partial charge in [-0.1, -0.05) is 76.9 Å². The summed E-state index contributed by atoms with van der Waals surface area (Å²) in [4.78, 5) is 40.3. The maximum Gasteiger partial charge on any atom is 0.335 e. The molecule has 4 aliphatic heterocycles. The third-order valence-corrected chi connectivity index (χ3v) is 17.0. The largest absolute Gasteiger partial charge is 0.478 e. The first kappa shape index (κ1) is 50.9. The van der Waals surface area contributed by atoms with E-state index in [-0.39, 0.29) is 28.3 Å². The van der Waals surface area contributed by atoms with Crippen molar-refractivity contribution in [3.8, 4) is 43.1 Å². The van der Waals surface area contributed by atoms with Gasteiger partial charge in [0.1, 0.15) is 0 Å². The number of carboxylic acids is 1. The van der Waals surface area contributed by atoms with Crippen molar-refractivity contribution in [1.29, 1.82) is 0 Å². The number of fused-ring (bicyclic) bond motifs is 4. The monoisotopic (exact) mass is 1000 g/mol. The van der Waals surface area contributed by atoms with Crippen LogP contribution in [0.15, 0.2) is 96.0 Å². The van der Waals surface area contributed by atoms with Crippen LogP contribution < -0.4 is 11.1 Å². The van der Waals surface area contributed by atoms with E-state index < -0.39 is 5.97 Å². The first-order chi connectivity index (χ1) is 32.7. The highest BCUT2D eigenvalue weighted by atomic mass is 35.5. The second-order valence-corrected chi connectivity index (χ2v) is 24.1. The van der Waals surface area contributed by atoms with Crippen LogP contribution in [-0.4, -0.2) is 87.1 Å². The molecule has 9 nitrogen and oxygen atoms in total. The summed E-state index contributed by atoms with van der Waals surface area (Å²) in [6.07, 6.45) is 13.5. The molecule has 0 aliphatic carbocycles. The highest BCUT2D eigenvalue weighted by molar-refractivity contribution is 7.14. The molecule has 364 valence electrons. The van der Waals surface area contributed by atoms with Gasteiger partial charge in [-0.25, -0.2) is 4.79 Å². The minimum Gasteiger partial charge on any atom is -0.478 e. The van der Waals surface area contributed by atoms with E-state index in [1.807, 2.05) is 36.0 Å². The molecule has 8 heterocycles. The Labute approximate surface area is 426 Å². The van der Waals surface area contributed by atoms with Crippen molar-refractivity contribution >= 4 is 57.8 Å². The zero-order chi connectivity index (χ0) is 49.4. The molecule has 0 radical (unpaired) electrons. The van der Waals surface area contributed by atoms with Gasteiger partial charge in [-0.2, -0.15) is 0 Å². The number of rotatable bonds is 7. The highest BCUT2D eigenvalue weighted by Gasteiger charge is 2.39. The minimum absolute atomic E-state index is 0.00291. The number of hydrogen-bond acceptors (Lipinski definition) is 9. The Balaban J connectivity index is 0.000000159. The number of thiophene rings is 2. The molecule has 4 unspecified atom stereocenters. The van der Waals surface area contributed by atoms with Gasteiger partial charge >= 0.3 is 5.97 Å². The molecular weight excluding hydrogens is 940 g/mol. The summed E-state index contributed by atoms with van der Waals surface area (Å²) in [7, 11) is 4.46. The van der Waals surface area contributed by atoms with Crippen molar-refractivity contribution in [2.45, 2.75) is 140 Å². The number of amides is 1. The van der Waals surface area contributed by atoms with Crippen molar-refractivity contribution in [3.05, 3.63) is 129 Å². The van der Waals surface area contributed by atoms with Crippen molar-refractivity contribution in [1.82, 2.24) is 25.1 Å². The van der Waals surface area contributed by atoms with Gasteiger partial charge in [0.05, 0.1) is 5.56 Å². The fourth-order valence-corrected chi connectivity index (χ4v) is 12.7. The number of pyridine rings is 2. The fourth-order valence-electron chi connectivity index (χ4n) is 10.3. The predicted molar refractivity (Wildman–Crippen MR) is 287 cm³/mol. The molecule has 4 bridgehead atoms. The van der Waals surface area contributed by atoms with Gasteiger partial charge in [0, 0.05) is 107 Å². The van der Waals surface area contributed by atoms with Crippen molar-refractivity contribution < 1.29 is 14.7 Å². The highest BCUT2D eigenvalue weighted by Crippen LogP contribution is 2.40. The molecule has 0 saturated carbocycles. The van der Waals surface area contributed by atoms with E-state index in [0.29, 0.717) is 33.7 Å². The number of nitrogens with zero attached hydrogens (tertiary/aromatic N) is 4. The molecule has 4 aliphatic rings. The smallest absolute Gasteiger partial charge is 0.335 e. The molecule has 4 aromatic heterocycles. The number of carbonyl (C=O) groups is 2. The van der Waals surface area contributed by atoms with Crippen LogP contribution in [0.2, 0.25) is 10.0 Å². The zero-order valence-corrected chi connectivity index (χ0v) is 44.2. The third kappa shape index (κ3) is 12.0. The van der Waals surface area contributed by atoms with Gasteiger partial charge in [-0.05, 0) is 159 Å². The molecule has 4 saturated heterocycles. The van der Waals surface area contributed by atoms with Crippen molar-refractivity contribution in [2.75, 3.05) is 14.1 Å². The van der Waals surface area contributed by atoms with Crippen LogP contribution in [0.4, 0.5) is 0 Å². The second-order valence-electron chi connectivity index (χ2n) is 21.4. The molecule has 69 heavy (non-hydrogen) atoms. The molecule has 10 rings (SSSR count). The SMILES string of the molecule is CC(C)(C)c1cc(-c2cc(-c3ccc(C(=O)O)cc3Cl)cs2)ccn1.CN1C2CCC1CC(N)C2.CN1C2CCC1CC(NC(=O)c1ccc(-c3csc(-c4ccnc(C(C)(C)C)c4)c3)c(Cl)c1)C2. The summed E-state index contributed by atoms with van der Waals surface area (Å²) in [5.74, 6) is -1.01. The number of aromatic carboxylic acids is 1. The van der Waals surface area contributed by atoms with E-state index in [4.69, 9.17) is 34.0 Å². The van der Waals surface area contributed by atoms with Crippen LogP contribution in [0.3, 0.4) is 0 Å². The number of carboxylic acid groups (broad SMARTS) is 1. The molecule has 6 aromatic rings. The maximum atomic E-state index is 12.9. The first-order valence-corrected chi connectivity index (χ1v) is 26.7. The fraction of sp³-hybridized carbons (Fsp3) is 0.429. The Hall–Kier alpha value is -4.46. The van der Waals surface area contributed by atoms with Gasteiger partial charge in [0.25, 0.3) is 5.91 Å². The molecule has 2 aromatic carbocycles. The molecule has 4 N–H and O–H groups in total. The number of halogens is 2. The van der Waals surface area contributed by atoms with E-state index in [1.165, 1.54) is 49.5 Å². The van der Waals surface area contributed by atoms with Gasteiger partial charge < -0.3 is 26.0 Å². The van der Waals surface area contributed by atoms with Crippen LogP contribution in [-0.2, 0) is 10.8 Å². The molecule has 0 spiro atoms. The van der Waals surface area contributed by atoms with Gasteiger partial charge in [-0.15, -0.1) is 22.7 Å². The lowest BCUT2D eigenvalue weighted by Crippen LogP contribution is -2.48. The number of nitrogens with two attached hydrogens (primary N) is 1. The summed E-state index contributed by atoms with van der Waals surface area (Å²) in [6.45, 7) is 12.9. The van der Waals surface area contributed by atoms with E-state index in [1.54, 1.807) is 40.9 Å². The molecular formula is C56H66Cl2N6O3S2. The number of hydrogen-bond donors (Lipinski definition) is 3. The van der Waals surface area contributed by atoms with Crippen molar-refractivity contribution in [2.24, 2.45) is 5.73 Å². The van der Waals surface area contributed by atoms with Crippen LogP contribution in [0.1, 0.15) is 125 Å². The van der Waals surface area contributed by atoms with Crippen molar-refractivity contribution in [3.63, 3.8) is 0 Å². The van der Waals surface area contributed by atoms with Crippen LogP contribution in [0.5, 0.6) is 0 Å². The number of aromatic nitrogens is 2. The summed E-state index contributed by atoms with van der Waals surface area (Å²) in [5, 5.41) is 17.5. The van der Waals surface area contributed by atoms with Gasteiger partial charge in [0.2, 0.25) is 0 Å².